The molecule has 0 atom stereocenters. The van der Waals surface area contributed by atoms with Gasteiger partial charge in [-0.15, -0.1) is 0 Å². The van der Waals surface area contributed by atoms with Gasteiger partial charge in [0, 0.05) is 5.33 Å². The molecule has 0 saturated heterocycles. The normalized spacial score (nSPS) is 12.2. The van der Waals surface area contributed by atoms with Crippen molar-refractivity contribution in [3.05, 3.63) is 28.8 Å². The standard InChI is InChI=1S/C8H4BrF6N/c9-2-3-1-4(8(13,14)15)16-7(12)5(3)6(10)11/h1,6H,2H2. The van der Waals surface area contributed by atoms with Crippen molar-refractivity contribution in [3.8, 4) is 0 Å². The topological polar surface area (TPSA) is 12.9 Å². The van der Waals surface area contributed by atoms with E-state index in [9.17, 15) is 26.3 Å². The molecular formula is C8H4BrF6N. The maximum absolute atomic E-state index is 13.0. The van der Waals surface area contributed by atoms with Crippen LogP contribution in [0.15, 0.2) is 6.07 Å². The lowest BCUT2D eigenvalue weighted by Gasteiger charge is -2.11. The summed E-state index contributed by atoms with van der Waals surface area (Å²) in [6.45, 7) is 0. The Morgan fingerprint density at radius 3 is 2.25 bits per heavy atom. The van der Waals surface area contributed by atoms with Crippen molar-refractivity contribution in [1.82, 2.24) is 4.98 Å². The van der Waals surface area contributed by atoms with Crippen LogP contribution in [0.25, 0.3) is 0 Å². The number of alkyl halides is 6. The monoisotopic (exact) mass is 307 g/mol. The van der Waals surface area contributed by atoms with Gasteiger partial charge in [0.15, 0.2) is 0 Å². The van der Waals surface area contributed by atoms with E-state index in [1.807, 2.05) is 0 Å². The first-order valence-electron chi connectivity index (χ1n) is 3.88. The zero-order valence-electron chi connectivity index (χ0n) is 7.45. The van der Waals surface area contributed by atoms with Crippen LogP contribution in [0.3, 0.4) is 0 Å². The fourth-order valence-electron chi connectivity index (χ4n) is 1.06. The zero-order valence-corrected chi connectivity index (χ0v) is 9.04. The summed E-state index contributed by atoms with van der Waals surface area (Å²) >= 11 is 2.72. The van der Waals surface area contributed by atoms with Crippen molar-refractivity contribution in [2.45, 2.75) is 17.9 Å². The van der Waals surface area contributed by atoms with E-state index in [1.165, 1.54) is 0 Å². The van der Waals surface area contributed by atoms with Gasteiger partial charge >= 0.3 is 6.18 Å². The number of hydrogen-bond acceptors (Lipinski definition) is 1. The highest BCUT2D eigenvalue weighted by Gasteiger charge is 2.35. The van der Waals surface area contributed by atoms with Crippen LogP contribution in [-0.4, -0.2) is 4.98 Å². The molecule has 0 aromatic carbocycles. The van der Waals surface area contributed by atoms with Crippen LogP contribution in [0.4, 0.5) is 26.3 Å². The maximum Gasteiger partial charge on any atom is 0.433 e. The van der Waals surface area contributed by atoms with E-state index in [0.29, 0.717) is 6.07 Å². The average Bonchev–Trinajstić information content (AvgIpc) is 2.14. The minimum Gasteiger partial charge on any atom is -0.215 e. The summed E-state index contributed by atoms with van der Waals surface area (Å²) in [5, 5.41) is -0.310. The molecule has 1 heterocycles. The van der Waals surface area contributed by atoms with Crippen molar-refractivity contribution in [1.29, 1.82) is 0 Å². The first-order chi connectivity index (χ1) is 7.27. The van der Waals surface area contributed by atoms with Gasteiger partial charge in [-0.05, 0) is 11.6 Å². The van der Waals surface area contributed by atoms with Crippen LogP contribution >= 0.6 is 15.9 Å². The van der Waals surface area contributed by atoms with Crippen LogP contribution in [0.1, 0.15) is 23.2 Å². The molecule has 0 amide bonds. The lowest BCUT2D eigenvalue weighted by Crippen LogP contribution is -2.12. The molecule has 0 N–H and O–H groups in total. The van der Waals surface area contributed by atoms with E-state index >= 15 is 0 Å². The number of rotatable bonds is 2. The second kappa shape index (κ2) is 4.60. The molecule has 0 unspecified atom stereocenters. The largest absolute Gasteiger partial charge is 0.433 e. The summed E-state index contributed by atoms with van der Waals surface area (Å²) in [7, 11) is 0. The first kappa shape index (κ1) is 13.3. The molecule has 0 bridgehead atoms. The molecule has 0 radical (unpaired) electrons. The van der Waals surface area contributed by atoms with E-state index in [4.69, 9.17) is 0 Å². The van der Waals surface area contributed by atoms with E-state index in [0.717, 1.165) is 0 Å². The van der Waals surface area contributed by atoms with Gasteiger partial charge in [0.25, 0.3) is 6.43 Å². The van der Waals surface area contributed by atoms with Crippen molar-refractivity contribution in [3.63, 3.8) is 0 Å². The quantitative estimate of drug-likeness (QED) is 0.456. The molecule has 0 aliphatic carbocycles. The van der Waals surface area contributed by atoms with Gasteiger partial charge in [-0.25, -0.2) is 13.8 Å². The van der Waals surface area contributed by atoms with Crippen molar-refractivity contribution < 1.29 is 26.3 Å². The van der Waals surface area contributed by atoms with Gasteiger partial charge in [0.05, 0.1) is 5.56 Å². The molecule has 16 heavy (non-hydrogen) atoms. The highest BCUT2D eigenvalue weighted by Crippen LogP contribution is 2.33. The van der Waals surface area contributed by atoms with E-state index in [1.54, 1.807) is 0 Å². The minimum atomic E-state index is -4.86. The number of aromatic nitrogens is 1. The van der Waals surface area contributed by atoms with Crippen LogP contribution in [-0.2, 0) is 11.5 Å². The Kier molecular flexibility index (Phi) is 3.82. The second-order valence-corrected chi connectivity index (χ2v) is 3.36. The molecule has 8 heteroatoms. The van der Waals surface area contributed by atoms with Gasteiger partial charge in [0.1, 0.15) is 5.69 Å². The SMILES string of the molecule is Fc1nc(C(F)(F)F)cc(CBr)c1C(F)F. The van der Waals surface area contributed by atoms with Crippen LogP contribution in [0.2, 0.25) is 0 Å². The predicted molar refractivity (Wildman–Crippen MR) is 46.8 cm³/mol. The highest BCUT2D eigenvalue weighted by molar-refractivity contribution is 9.08. The van der Waals surface area contributed by atoms with Gasteiger partial charge in [-0.3, -0.25) is 0 Å². The molecule has 0 spiro atoms. The molecule has 1 aromatic rings. The Morgan fingerprint density at radius 2 is 1.88 bits per heavy atom. The molecule has 1 nitrogen and oxygen atoms in total. The lowest BCUT2D eigenvalue weighted by atomic mass is 10.1. The molecule has 0 aliphatic rings. The van der Waals surface area contributed by atoms with E-state index in [-0.39, 0.29) is 5.33 Å². The third-order valence-electron chi connectivity index (χ3n) is 1.75. The average molecular weight is 308 g/mol. The number of halogens is 7. The predicted octanol–water partition coefficient (Wildman–Crippen LogP) is 4.07. The molecule has 1 aromatic heterocycles. The van der Waals surface area contributed by atoms with Gasteiger partial charge < -0.3 is 0 Å². The Morgan fingerprint density at radius 1 is 1.31 bits per heavy atom. The first-order valence-corrected chi connectivity index (χ1v) is 5.00. The summed E-state index contributed by atoms with van der Waals surface area (Å²) in [6, 6.07) is 0.402. The molecule has 0 aliphatic heterocycles. The van der Waals surface area contributed by atoms with E-state index < -0.39 is 35.4 Å². The molecular weight excluding hydrogens is 304 g/mol. The molecule has 0 saturated carbocycles. The Hall–Kier alpha value is -0.790. The van der Waals surface area contributed by atoms with E-state index in [2.05, 4.69) is 20.9 Å². The Balaban J connectivity index is 3.38. The maximum atomic E-state index is 13.0. The van der Waals surface area contributed by atoms with Crippen molar-refractivity contribution in [2.24, 2.45) is 0 Å². The van der Waals surface area contributed by atoms with Gasteiger partial charge in [0.2, 0.25) is 5.95 Å². The summed E-state index contributed by atoms with van der Waals surface area (Å²) < 4.78 is 74.2. The summed E-state index contributed by atoms with van der Waals surface area (Å²) in [5.74, 6) is -1.79. The third kappa shape index (κ3) is 2.66. The zero-order chi connectivity index (χ0) is 12.5. The fraction of sp³-hybridized carbons (Fsp3) is 0.375. The van der Waals surface area contributed by atoms with Gasteiger partial charge in [-0.2, -0.15) is 17.6 Å². The fourth-order valence-corrected chi connectivity index (χ4v) is 1.52. The lowest BCUT2D eigenvalue weighted by molar-refractivity contribution is -0.141. The number of pyridine rings is 1. The van der Waals surface area contributed by atoms with Crippen LogP contribution in [0, 0.1) is 5.95 Å². The molecule has 1 rings (SSSR count). The van der Waals surface area contributed by atoms with Gasteiger partial charge in [-0.1, -0.05) is 15.9 Å². The summed E-state index contributed by atoms with van der Waals surface area (Å²) in [5.41, 5.74) is -3.09. The molecule has 90 valence electrons. The second-order valence-electron chi connectivity index (χ2n) is 2.80. The van der Waals surface area contributed by atoms with Crippen LogP contribution < -0.4 is 0 Å². The highest BCUT2D eigenvalue weighted by atomic mass is 79.9. The summed E-state index contributed by atoms with van der Waals surface area (Å²) in [6.07, 6.45) is -8.07. The Bertz CT molecular complexity index is 389. The van der Waals surface area contributed by atoms with Crippen LogP contribution in [0.5, 0.6) is 0 Å². The van der Waals surface area contributed by atoms with Crippen molar-refractivity contribution >= 4 is 15.9 Å². The number of nitrogens with zero attached hydrogens (tertiary/aromatic N) is 1. The minimum absolute atomic E-state index is 0.310. The Labute approximate surface area is 94.6 Å². The number of hydrogen-bond donors (Lipinski definition) is 0. The smallest absolute Gasteiger partial charge is 0.215 e. The molecule has 0 fully saturated rings. The third-order valence-corrected chi connectivity index (χ3v) is 2.35. The summed E-state index contributed by atoms with van der Waals surface area (Å²) in [4.78, 5) is 2.48. The van der Waals surface area contributed by atoms with Crippen molar-refractivity contribution in [2.75, 3.05) is 0 Å².